The quantitative estimate of drug-likeness (QED) is 0.934. The van der Waals surface area contributed by atoms with Gasteiger partial charge in [0.15, 0.2) is 5.82 Å². The normalized spacial score (nSPS) is 10.8. The Morgan fingerprint density at radius 2 is 2.05 bits per heavy atom. The minimum atomic E-state index is 0.493. The minimum absolute atomic E-state index is 0.493. The van der Waals surface area contributed by atoms with Gasteiger partial charge in [-0.15, -0.1) is 0 Å². The Balaban J connectivity index is 2.45. The van der Waals surface area contributed by atoms with Crippen molar-refractivity contribution in [2.24, 2.45) is 0 Å². The van der Waals surface area contributed by atoms with Crippen LogP contribution in [-0.4, -0.2) is 26.3 Å². The third-order valence-electron chi connectivity index (χ3n) is 3.11. The van der Waals surface area contributed by atoms with E-state index in [0.717, 1.165) is 29.9 Å². The van der Waals surface area contributed by atoms with Crippen LogP contribution in [0.3, 0.4) is 0 Å². The second-order valence-electron chi connectivity index (χ2n) is 4.50. The van der Waals surface area contributed by atoms with Gasteiger partial charge in [0.25, 0.3) is 0 Å². The van der Waals surface area contributed by atoms with E-state index >= 15 is 0 Å². The molecule has 2 heterocycles. The molecule has 0 aliphatic rings. The van der Waals surface area contributed by atoms with Gasteiger partial charge in [-0.25, -0.2) is 9.67 Å². The van der Waals surface area contributed by atoms with Gasteiger partial charge in [-0.05, 0) is 32.8 Å². The lowest BCUT2D eigenvalue weighted by molar-refractivity contribution is 0.799. The van der Waals surface area contributed by atoms with Gasteiger partial charge in [0.05, 0.1) is 11.9 Å². The third-order valence-corrected chi connectivity index (χ3v) is 3.38. The molecule has 2 aromatic heterocycles. The van der Waals surface area contributed by atoms with Crippen molar-refractivity contribution in [2.45, 2.75) is 34.1 Å². The van der Waals surface area contributed by atoms with Crippen molar-refractivity contribution in [1.29, 1.82) is 0 Å². The van der Waals surface area contributed by atoms with Crippen molar-refractivity contribution in [3.63, 3.8) is 0 Å². The largest absolute Gasteiger partial charge is 0.354 e. The molecule has 5 nitrogen and oxygen atoms in total. The zero-order valence-corrected chi connectivity index (χ0v) is 12.4. The molecule has 0 aliphatic heterocycles. The van der Waals surface area contributed by atoms with Crippen molar-refractivity contribution in [1.82, 2.24) is 19.7 Å². The van der Waals surface area contributed by atoms with E-state index < -0.39 is 0 Å². The molecule has 2 rings (SSSR count). The van der Waals surface area contributed by atoms with E-state index in [-0.39, 0.29) is 0 Å². The van der Waals surface area contributed by atoms with Gasteiger partial charge in [0, 0.05) is 12.2 Å². The number of hydrogen-bond acceptors (Lipinski definition) is 4. The van der Waals surface area contributed by atoms with E-state index in [2.05, 4.69) is 27.3 Å². The Morgan fingerprint density at radius 1 is 1.32 bits per heavy atom. The summed E-state index contributed by atoms with van der Waals surface area (Å²) in [6, 6.07) is 0. The van der Waals surface area contributed by atoms with Crippen molar-refractivity contribution in [3.8, 4) is 5.82 Å². The maximum atomic E-state index is 6.18. The average molecular weight is 280 g/mol. The lowest BCUT2D eigenvalue weighted by atomic mass is 10.2. The van der Waals surface area contributed by atoms with Crippen LogP contribution in [0.5, 0.6) is 0 Å². The molecule has 2 aromatic rings. The predicted molar refractivity (Wildman–Crippen MR) is 77.2 cm³/mol. The summed E-state index contributed by atoms with van der Waals surface area (Å²) in [7, 11) is 0. The first-order valence-electron chi connectivity index (χ1n) is 6.34. The predicted octanol–water partition coefficient (Wildman–Crippen LogP) is 3.06. The van der Waals surface area contributed by atoms with Crippen molar-refractivity contribution in [3.05, 3.63) is 28.2 Å². The standard InChI is InChI=1S/C13H18ClN5/c1-5-6-15-13-16-7-11(14)12(17-13)19-10(4)8(2)9(3)18-19/h7H,5-6H2,1-4H3,(H,15,16,17). The Labute approximate surface area is 118 Å². The maximum Gasteiger partial charge on any atom is 0.224 e. The zero-order valence-electron chi connectivity index (χ0n) is 11.7. The van der Waals surface area contributed by atoms with Crippen LogP contribution >= 0.6 is 11.6 Å². The summed E-state index contributed by atoms with van der Waals surface area (Å²) in [5.41, 5.74) is 3.17. The van der Waals surface area contributed by atoms with Crippen LogP contribution in [0.2, 0.25) is 5.02 Å². The highest BCUT2D eigenvalue weighted by molar-refractivity contribution is 6.32. The van der Waals surface area contributed by atoms with E-state index in [0.29, 0.717) is 16.8 Å². The first kappa shape index (κ1) is 13.8. The van der Waals surface area contributed by atoms with Gasteiger partial charge in [-0.2, -0.15) is 10.1 Å². The first-order valence-corrected chi connectivity index (χ1v) is 6.72. The Bertz CT molecular complexity index is 591. The molecule has 0 unspecified atom stereocenters. The summed E-state index contributed by atoms with van der Waals surface area (Å²) < 4.78 is 1.77. The number of aryl methyl sites for hydroxylation is 1. The smallest absolute Gasteiger partial charge is 0.224 e. The van der Waals surface area contributed by atoms with Gasteiger partial charge in [-0.1, -0.05) is 18.5 Å². The lowest BCUT2D eigenvalue weighted by Gasteiger charge is -2.08. The SMILES string of the molecule is CCCNc1ncc(Cl)c(-n2nc(C)c(C)c2C)n1. The summed E-state index contributed by atoms with van der Waals surface area (Å²) in [6.45, 7) is 8.95. The summed E-state index contributed by atoms with van der Waals surface area (Å²) in [6.07, 6.45) is 2.62. The van der Waals surface area contributed by atoms with Gasteiger partial charge in [0.1, 0.15) is 5.02 Å². The van der Waals surface area contributed by atoms with Crippen molar-refractivity contribution in [2.75, 3.05) is 11.9 Å². The molecular formula is C13H18ClN5. The van der Waals surface area contributed by atoms with Crippen LogP contribution in [0.4, 0.5) is 5.95 Å². The van der Waals surface area contributed by atoms with Crippen LogP contribution < -0.4 is 5.32 Å². The summed E-state index contributed by atoms with van der Waals surface area (Å²) in [5.74, 6) is 1.19. The number of anilines is 1. The van der Waals surface area contributed by atoms with Crippen LogP contribution in [0.15, 0.2) is 6.20 Å². The molecule has 0 saturated heterocycles. The topological polar surface area (TPSA) is 55.6 Å². The molecule has 0 bridgehead atoms. The highest BCUT2D eigenvalue weighted by atomic mass is 35.5. The van der Waals surface area contributed by atoms with Gasteiger partial charge in [0.2, 0.25) is 5.95 Å². The van der Waals surface area contributed by atoms with Crippen LogP contribution in [0, 0.1) is 20.8 Å². The highest BCUT2D eigenvalue weighted by Crippen LogP contribution is 2.22. The molecule has 6 heteroatoms. The van der Waals surface area contributed by atoms with E-state index in [1.807, 2.05) is 20.8 Å². The Kier molecular flexibility index (Phi) is 4.04. The summed E-state index contributed by atoms with van der Waals surface area (Å²) >= 11 is 6.18. The number of nitrogens with one attached hydrogen (secondary N) is 1. The third kappa shape index (κ3) is 2.71. The average Bonchev–Trinajstić information content (AvgIpc) is 2.65. The fraction of sp³-hybridized carbons (Fsp3) is 0.462. The fourth-order valence-corrected chi connectivity index (χ4v) is 1.93. The Morgan fingerprint density at radius 3 is 2.63 bits per heavy atom. The molecule has 1 N–H and O–H groups in total. The monoisotopic (exact) mass is 279 g/mol. The van der Waals surface area contributed by atoms with Gasteiger partial charge >= 0.3 is 0 Å². The van der Waals surface area contributed by atoms with Crippen molar-refractivity contribution < 1.29 is 0 Å². The molecule has 0 aromatic carbocycles. The van der Waals surface area contributed by atoms with E-state index in [4.69, 9.17) is 11.6 Å². The summed E-state index contributed by atoms with van der Waals surface area (Å²) in [4.78, 5) is 8.61. The van der Waals surface area contributed by atoms with Gasteiger partial charge < -0.3 is 5.32 Å². The number of halogens is 1. The van der Waals surface area contributed by atoms with Crippen LogP contribution in [0.25, 0.3) is 5.82 Å². The van der Waals surface area contributed by atoms with Crippen LogP contribution in [-0.2, 0) is 0 Å². The van der Waals surface area contributed by atoms with E-state index in [1.54, 1.807) is 10.9 Å². The fourth-order valence-electron chi connectivity index (χ4n) is 1.76. The van der Waals surface area contributed by atoms with E-state index in [9.17, 15) is 0 Å². The van der Waals surface area contributed by atoms with E-state index in [1.165, 1.54) is 0 Å². The highest BCUT2D eigenvalue weighted by Gasteiger charge is 2.14. The molecule has 0 amide bonds. The minimum Gasteiger partial charge on any atom is -0.354 e. The second-order valence-corrected chi connectivity index (χ2v) is 4.91. The molecule has 0 spiro atoms. The molecule has 102 valence electrons. The van der Waals surface area contributed by atoms with Gasteiger partial charge in [-0.3, -0.25) is 0 Å². The lowest BCUT2D eigenvalue weighted by Crippen LogP contribution is -2.09. The molecule has 19 heavy (non-hydrogen) atoms. The number of rotatable bonds is 4. The number of nitrogens with zero attached hydrogens (tertiary/aromatic N) is 4. The summed E-state index contributed by atoms with van der Waals surface area (Å²) in [5, 5.41) is 8.12. The molecule has 0 atom stereocenters. The first-order chi connectivity index (χ1) is 9.04. The molecular weight excluding hydrogens is 262 g/mol. The molecule has 0 radical (unpaired) electrons. The molecule has 0 saturated carbocycles. The van der Waals surface area contributed by atoms with Crippen LogP contribution in [0.1, 0.15) is 30.3 Å². The molecule has 0 fully saturated rings. The van der Waals surface area contributed by atoms with Crippen molar-refractivity contribution >= 4 is 17.5 Å². The number of aromatic nitrogens is 4. The second kappa shape index (κ2) is 5.57. The zero-order chi connectivity index (χ0) is 14.0. The number of hydrogen-bond donors (Lipinski definition) is 1. The maximum absolute atomic E-state index is 6.18. The molecule has 0 aliphatic carbocycles. The Hall–Kier alpha value is -1.62.